The van der Waals surface area contributed by atoms with Gasteiger partial charge in [-0.25, -0.2) is 9.18 Å². The van der Waals surface area contributed by atoms with Crippen LogP contribution in [0.3, 0.4) is 0 Å². The van der Waals surface area contributed by atoms with Gasteiger partial charge in [0.15, 0.2) is 0 Å². The topological polar surface area (TPSA) is 50.1 Å². The van der Waals surface area contributed by atoms with Crippen molar-refractivity contribution in [1.82, 2.24) is 0 Å². The number of nitrogens with zero attached hydrogens (tertiary/aromatic N) is 1. The Labute approximate surface area is 72.4 Å². The minimum Gasteiger partial charge on any atom is -0.394 e. The lowest BCUT2D eigenvalue weighted by Gasteiger charge is -2.16. The Bertz CT molecular complexity index is 267. The molecule has 0 aromatic carbocycles. The van der Waals surface area contributed by atoms with Crippen molar-refractivity contribution in [2.75, 3.05) is 0 Å². The van der Waals surface area contributed by atoms with Crippen LogP contribution in [0.5, 0.6) is 0 Å². The van der Waals surface area contributed by atoms with Crippen molar-refractivity contribution in [3.63, 3.8) is 0 Å². The number of rotatable bonds is 3. The van der Waals surface area contributed by atoms with Gasteiger partial charge >= 0.3 is 12.1 Å². The molecular weight excluding hydrogens is 187 g/mol. The van der Waals surface area contributed by atoms with Gasteiger partial charge in [-0.3, -0.25) is 0 Å². The molecule has 0 saturated heterocycles. The molecular formula is C7H6F3NO2. The second-order valence-corrected chi connectivity index (χ2v) is 2.16. The van der Waals surface area contributed by atoms with Crippen LogP contribution in [0.4, 0.5) is 13.2 Å². The van der Waals surface area contributed by atoms with Crippen LogP contribution in [0.1, 0.15) is 6.92 Å². The molecule has 0 amide bonds. The first-order chi connectivity index (χ1) is 5.81. The van der Waals surface area contributed by atoms with E-state index in [9.17, 15) is 18.0 Å². The largest absolute Gasteiger partial charge is 0.431 e. The molecule has 72 valence electrons. The number of carbonyl (C=O) groups is 1. The van der Waals surface area contributed by atoms with Crippen molar-refractivity contribution in [3.8, 4) is 6.07 Å². The molecule has 0 N–H and O–H groups in total. The smallest absolute Gasteiger partial charge is 0.394 e. The van der Waals surface area contributed by atoms with E-state index in [4.69, 9.17) is 5.26 Å². The molecule has 1 unspecified atom stereocenters. The highest BCUT2D eigenvalue weighted by atomic mass is 19.3. The third-order valence-electron chi connectivity index (χ3n) is 1.07. The fourth-order valence-corrected chi connectivity index (χ4v) is 0.312. The first kappa shape index (κ1) is 11.5. The van der Waals surface area contributed by atoms with Crippen LogP contribution in [0, 0.1) is 11.3 Å². The summed E-state index contributed by atoms with van der Waals surface area (Å²) in [6.07, 6.45) is -6.86. The average Bonchev–Trinajstić information content (AvgIpc) is 2.01. The molecule has 0 saturated carbocycles. The number of carbonyl (C=O) groups excluding carboxylic acids is 1. The lowest BCUT2D eigenvalue weighted by molar-refractivity contribution is -0.254. The summed E-state index contributed by atoms with van der Waals surface area (Å²) >= 11 is 0. The second kappa shape index (κ2) is 3.94. The molecule has 0 bridgehead atoms. The highest BCUT2D eigenvalue weighted by Gasteiger charge is 2.42. The van der Waals surface area contributed by atoms with E-state index in [-0.39, 0.29) is 0 Å². The number of hydrogen-bond donors (Lipinski definition) is 0. The summed E-state index contributed by atoms with van der Waals surface area (Å²) in [5, 5.41) is 8.05. The molecule has 3 nitrogen and oxygen atoms in total. The van der Waals surface area contributed by atoms with Gasteiger partial charge in [-0.15, -0.1) is 0 Å². The van der Waals surface area contributed by atoms with Crippen molar-refractivity contribution in [2.24, 2.45) is 0 Å². The Morgan fingerprint density at radius 3 is 2.46 bits per heavy atom. The van der Waals surface area contributed by atoms with Gasteiger partial charge in [0.1, 0.15) is 11.6 Å². The lowest BCUT2D eigenvalue weighted by atomic mass is 10.3. The lowest BCUT2D eigenvalue weighted by Crippen LogP contribution is -2.33. The molecule has 0 aliphatic rings. The molecule has 6 heteroatoms. The van der Waals surface area contributed by atoms with Gasteiger partial charge in [0.2, 0.25) is 6.17 Å². The Kier molecular flexibility index (Phi) is 3.48. The second-order valence-electron chi connectivity index (χ2n) is 2.16. The molecule has 0 rings (SSSR count). The molecule has 0 aliphatic heterocycles. The maximum absolute atomic E-state index is 12.3. The maximum atomic E-state index is 12.3. The Balaban J connectivity index is 4.39. The minimum absolute atomic E-state index is 0.530. The number of nitriles is 1. The predicted octanol–water partition coefficient (Wildman–Crippen LogP) is 1.56. The Morgan fingerprint density at radius 1 is 1.69 bits per heavy atom. The number of ether oxygens (including phenoxy) is 1. The van der Waals surface area contributed by atoms with E-state index >= 15 is 0 Å². The van der Waals surface area contributed by atoms with E-state index in [0.717, 1.165) is 0 Å². The summed E-state index contributed by atoms with van der Waals surface area (Å²) in [6, 6.07) is 1.20. The molecule has 0 fully saturated rings. The summed E-state index contributed by atoms with van der Waals surface area (Å²) in [6.45, 7) is 3.36. The van der Waals surface area contributed by atoms with Crippen LogP contribution in [0.25, 0.3) is 0 Å². The fourth-order valence-electron chi connectivity index (χ4n) is 0.312. The van der Waals surface area contributed by atoms with Crippen LogP contribution in [-0.2, 0) is 9.53 Å². The van der Waals surface area contributed by atoms with Crippen molar-refractivity contribution in [2.45, 2.75) is 19.2 Å². The van der Waals surface area contributed by atoms with Gasteiger partial charge in [0.25, 0.3) is 0 Å². The quantitative estimate of drug-likeness (QED) is 0.388. The monoisotopic (exact) mass is 193 g/mol. The number of alkyl halides is 3. The highest BCUT2D eigenvalue weighted by Crippen LogP contribution is 2.23. The van der Waals surface area contributed by atoms with E-state index in [1.807, 2.05) is 0 Å². The van der Waals surface area contributed by atoms with Crippen molar-refractivity contribution < 1.29 is 22.7 Å². The minimum atomic E-state index is -4.23. The van der Waals surface area contributed by atoms with Crippen LogP contribution >= 0.6 is 0 Å². The van der Waals surface area contributed by atoms with E-state index < -0.39 is 23.8 Å². The van der Waals surface area contributed by atoms with Crippen LogP contribution in [0.2, 0.25) is 0 Å². The molecule has 0 aromatic rings. The van der Waals surface area contributed by atoms with Crippen LogP contribution in [-0.4, -0.2) is 18.2 Å². The van der Waals surface area contributed by atoms with Gasteiger partial charge in [0.05, 0.1) is 0 Å². The highest BCUT2D eigenvalue weighted by molar-refractivity contribution is 5.92. The fraction of sp³-hybridized carbons (Fsp3) is 0.429. The number of hydrogen-bond acceptors (Lipinski definition) is 3. The molecule has 0 aliphatic carbocycles. The molecule has 1 atom stereocenters. The number of halogens is 3. The summed E-state index contributed by atoms with van der Waals surface area (Å²) in [4.78, 5) is 10.5. The average molecular weight is 193 g/mol. The summed E-state index contributed by atoms with van der Waals surface area (Å²) < 4.78 is 40.1. The molecule has 0 radical (unpaired) electrons. The van der Waals surface area contributed by atoms with Gasteiger partial charge in [-0.2, -0.15) is 14.0 Å². The van der Waals surface area contributed by atoms with Crippen molar-refractivity contribution in [1.29, 1.82) is 5.26 Å². The zero-order chi connectivity index (χ0) is 10.6. The zero-order valence-electron chi connectivity index (χ0n) is 6.68. The van der Waals surface area contributed by atoms with Gasteiger partial charge in [-0.1, -0.05) is 6.58 Å². The van der Waals surface area contributed by atoms with Crippen molar-refractivity contribution in [3.05, 3.63) is 12.2 Å². The maximum Gasteiger partial charge on any atom is 0.431 e. The number of esters is 1. The van der Waals surface area contributed by atoms with E-state index in [1.165, 1.54) is 6.07 Å². The van der Waals surface area contributed by atoms with Gasteiger partial charge in [0, 0.05) is 0 Å². The molecule has 13 heavy (non-hydrogen) atoms. The first-order valence-electron chi connectivity index (χ1n) is 3.15. The van der Waals surface area contributed by atoms with Crippen molar-refractivity contribution >= 4 is 5.97 Å². The molecule has 0 spiro atoms. The summed E-state index contributed by atoms with van der Waals surface area (Å²) in [5.74, 6) is -1.63. The van der Waals surface area contributed by atoms with E-state index in [0.29, 0.717) is 6.92 Å². The summed E-state index contributed by atoms with van der Waals surface area (Å²) in [7, 11) is 0. The Hall–Kier alpha value is -1.51. The SMILES string of the molecule is C=C(C#N)C(=O)OC(F)(F)C(C)F. The van der Waals surface area contributed by atoms with Gasteiger partial charge < -0.3 is 4.74 Å². The molecule has 0 heterocycles. The Morgan fingerprint density at radius 2 is 2.15 bits per heavy atom. The first-order valence-corrected chi connectivity index (χ1v) is 3.15. The third-order valence-corrected chi connectivity index (χ3v) is 1.07. The van der Waals surface area contributed by atoms with Crippen LogP contribution in [0.15, 0.2) is 12.2 Å². The van der Waals surface area contributed by atoms with E-state index in [2.05, 4.69) is 11.3 Å². The van der Waals surface area contributed by atoms with Gasteiger partial charge in [-0.05, 0) is 6.92 Å². The third kappa shape index (κ3) is 3.15. The zero-order valence-corrected chi connectivity index (χ0v) is 6.68. The molecule has 0 aromatic heterocycles. The standard InChI is InChI=1S/C7H6F3NO2/c1-4(3-11)6(12)13-7(9,10)5(2)8/h5H,1H2,2H3. The van der Waals surface area contributed by atoms with Crippen LogP contribution < -0.4 is 0 Å². The predicted molar refractivity (Wildman–Crippen MR) is 36.4 cm³/mol. The normalized spacial score (nSPS) is 12.8. The van der Waals surface area contributed by atoms with E-state index in [1.54, 1.807) is 0 Å². The summed E-state index contributed by atoms with van der Waals surface area (Å²) in [5.41, 5.74) is -0.805.